The summed E-state index contributed by atoms with van der Waals surface area (Å²) in [4.78, 5) is 8.41. The summed E-state index contributed by atoms with van der Waals surface area (Å²) < 4.78 is 5.40. The van der Waals surface area contributed by atoms with E-state index in [9.17, 15) is 5.26 Å². The molecule has 0 atom stereocenters. The molecule has 2 N–H and O–H groups in total. The number of rotatable bonds is 2. The molecule has 2 aromatic heterocycles. The molecule has 0 fully saturated rings. The van der Waals surface area contributed by atoms with Crippen molar-refractivity contribution in [1.82, 2.24) is 9.97 Å². The molecule has 0 aliphatic rings. The number of nitriles is 1. The van der Waals surface area contributed by atoms with Gasteiger partial charge in [-0.1, -0.05) is 18.2 Å². The van der Waals surface area contributed by atoms with Gasteiger partial charge in [0, 0.05) is 22.7 Å². The minimum absolute atomic E-state index is 0.171. The van der Waals surface area contributed by atoms with E-state index in [-0.39, 0.29) is 5.82 Å². The molecule has 0 unspecified atom stereocenters. The van der Waals surface area contributed by atoms with Crippen molar-refractivity contribution < 1.29 is 4.74 Å². The van der Waals surface area contributed by atoms with Crippen LogP contribution in [0.25, 0.3) is 22.2 Å². The molecule has 21 heavy (non-hydrogen) atoms. The average molecular weight is 276 g/mol. The van der Waals surface area contributed by atoms with Gasteiger partial charge in [-0.25, -0.2) is 9.97 Å². The van der Waals surface area contributed by atoms with E-state index in [1.165, 1.54) is 0 Å². The number of benzene rings is 1. The molecule has 102 valence electrons. The van der Waals surface area contributed by atoms with E-state index in [1.807, 2.05) is 30.3 Å². The van der Waals surface area contributed by atoms with Gasteiger partial charge in [-0.3, -0.25) is 0 Å². The number of fused-ring (bicyclic) bond motifs is 1. The SMILES string of the molecule is COc1ccccc1-c1c(C#N)c(N)nc2ncccc12. The number of nitrogens with zero attached hydrogens (tertiary/aromatic N) is 3. The lowest BCUT2D eigenvalue weighted by Gasteiger charge is -2.13. The highest BCUT2D eigenvalue weighted by atomic mass is 16.5. The predicted octanol–water partition coefficient (Wildman–Crippen LogP) is 2.76. The van der Waals surface area contributed by atoms with Crippen molar-refractivity contribution in [2.24, 2.45) is 0 Å². The fraction of sp³-hybridized carbons (Fsp3) is 0.0625. The Bertz CT molecular complexity index is 868. The van der Waals surface area contributed by atoms with Gasteiger partial charge in [-0.15, -0.1) is 0 Å². The standard InChI is InChI=1S/C16H12N4O/c1-21-13-7-3-2-5-10(13)14-11-6-4-8-19-16(11)20-15(18)12(14)9-17/h2-8H,1H3,(H2,18,19,20). The molecule has 0 saturated carbocycles. The van der Waals surface area contributed by atoms with Gasteiger partial charge in [0.1, 0.15) is 23.2 Å². The van der Waals surface area contributed by atoms with Crippen molar-refractivity contribution in [3.63, 3.8) is 0 Å². The van der Waals surface area contributed by atoms with E-state index in [1.54, 1.807) is 19.4 Å². The molecule has 0 radical (unpaired) electrons. The normalized spacial score (nSPS) is 10.3. The molecular formula is C16H12N4O. The van der Waals surface area contributed by atoms with E-state index in [0.29, 0.717) is 22.5 Å². The third-order valence-corrected chi connectivity index (χ3v) is 3.28. The molecule has 0 spiro atoms. The zero-order chi connectivity index (χ0) is 14.8. The molecule has 3 aromatic rings. The van der Waals surface area contributed by atoms with Crippen LogP contribution in [0.5, 0.6) is 5.75 Å². The Labute approximate surface area is 121 Å². The number of hydrogen-bond acceptors (Lipinski definition) is 5. The minimum atomic E-state index is 0.171. The molecule has 0 saturated heterocycles. The number of anilines is 1. The van der Waals surface area contributed by atoms with Gasteiger partial charge in [0.2, 0.25) is 0 Å². The summed E-state index contributed by atoms with van der Waals surface area (Å²) in [6.45, 7) is 0. The Morgan fingerprint density at radius 1 is 1.19 bits per heavy atom. The molecule has 5 nitrogen and oxygen atoms in total. The van der Waals surface area contributed by atoms with Crippen LogP contribution in [0.15, 0.2) is 42.6 Å². The number of nitrogens with two attached hydrogens (primary N) is 1. The van der Waals surface area contributed by atoms with Gasteiger partial charge in [0.05, 0.1) is 7.11 Å². The van der Waals surface area contributed by atoms with E-state index in [0.717, 1.165) is 10.9 Å². The molecule has 1 aromatic carbocycles. The van der Waals surface area contributed by atoms with Crippen molar-refractivity contribution in [2.45, 2.75) is 0 Å². The zero-order valence-electron chi connectivity index (χ0n) is 11.4. The predicted molar refractivity (Wildman–Crippen MR) is 80.7 cm³/mol. The van der Waals surface area contributed by atoms with Crippen LogP contribution in [-0.2, 0) is 0 Å². The third kappa shape index (κ3) is 2.03. The first-order valence-corrected chi connectivity index (χ1v) is 6.34. The number of hydrogen-bond donors (Lipinski definition) is 1. The number of aromatic nitrogens is 2. The zero-order valence-corrected chi connectivity index (χ0v) is 11.4. The van der Waals surface area contributed by atoms with Crippen LogP contribution in [0.3, 0.4) is 0 Å². The van der Waals surface area contributed by atoms with Gasteiger partial charge in [0.15, 0.2) is 5.65 Å². The van der Waals surface area contributed by atoms with Crippen LogP contribution in [0.4, 0.5) is 5.82 Å². The molecule has 5 heteroatoms. The first-order valence-electron chi connectivity index (χ1n) is 6.34. The van der Waals surface area contributed by atoms with Crippen molar-refractivity contribution in [2.75, 3.05) is 12.8 Å². The highest BCUT2D eigenvalue weighted by molar-refractivity contribution is 5.99. The number of nitrogen functional groups attached to an aromatic ring is 1. The second-order valence-electron chi connectivity index (χ2n) is 4.43. The van der Waals surface area contributed by atoms with Crippen LogP contribution in [0, 0.1) is 11.3 Å². The van der Waals surface area contributed by atoms with Gasteiger partial charge in [-0.2, -0.15) is 5.26 Å². The summed E-state index contributed by atoms with van der Waals surface area (Å²) in [7, 11) is 1.59. The van der Waals surface area contributed by atoms with Crippen molar-refractivity contribution in [3.8, 4) is 22.9 Å². The average Bonchev–Trinajstić information content (AvgIpc) is 2.53. The molecule has 3 rings (SSSR count). The maximum Gasteiger partial charge on any atom is 0.162 e. The smallest absolute Gasteiger partial charge is 0.162 e. The van der Waals surface area contributed by atoms with Gasteiger partial charge in [-0.05, 0) is 18.2 Å². The first kappa shape index (κ1) is 12.9. The monoisotopic (exact) mass is 276 g/mol. The number of ether oxygens (including phenoxy) is 1. The van der Waals surface area contributed by atoms with Gasteiger partial charge < -0.3 is 10.5 Å². The molecule has 0 amide bonds. The molecular weight excluding hydrogens is 264 g/mol. The van der Waals surface area contributed by atoms with Crippen LogP contribution < -0.4 is 10.5 Å². The summed E-state index contributed by atoms with van der Waals surface area (Å²) >= 11 is 0. The fourth-order valence-corrected chi connectivity index (χ4v) is 2.36. The second kappa shape index (κ2) is 5.10. The van der Waals surface area contributed by atoms with E-state index < -0.39 is 0 Å². The quantitative estimate of drug-likeness (QED) is 0.777. The Hall–Kier alpha value is -3.13. The van der Waals surface area contributed by atoms with Crippen LogP contribution in [0.1, 0.15) is 5.56 Å². The maximum atomic E-state index is 9.45. The Morgan fingerprint density at radius 3 is 2.76 bits per heavy atom. The Kier molecular flexibility index (Phi) is 3.13. The Balaban J connectivity index is 2.48. The summed E-state index contributed by atoms with van der Waals surface area (Å²) in [6.07, 6.45) is 1.65. The fourth-order valence-electron chi connectivity index (χ4n) is 2.36. The lowest BCUT2D eigenvalue weighted by atomic mass is 9.96. The maximum absolute atomic E-state index is 9.45. The van der Waals surface area contributed by atoms with Crippen molar-refractivity contribution >= 4 is 16.9 Å². The van der Waals surface area contributed by atoms with Crippen LogP contribution in [-0.4, -0.2) is 17.1 Å². The van der Waals surface area contributed by atoms with Crippen molar-refractivity contribution in [1.29, 1.82) is 5.26 Å². The summed E-state index contributed by atoms with van der Waals surface area (Å²) in [5, 5.41) is 10.2. The summed E-state index contributed by atoms with van der Waals surface area (Å²) in [5.74, 6) is 0.842. The second-order valence-corrected chi connectivity index (χ2v) is 4.43. The topological polar surface area (TPSA) is 84.8 Å². The summed E-state index contributed by atoms with van der Waals surface area (Å²) in [6, 6.07) is 13.3. The highest BCUT2D eigenvalue weighted by Gasteiger charge is 2.18. The van der Waals surface area contributed by atoms with Crippen molar-refractivity contribution in [3.05, 3.63) is 48.2 Å². The van der Waals surface area contributed by atoms with Crippen LogP contribution >= 0.6 is 0 Å². The van der Waals surface area contributed by atoms with Gasteiger partial charge >= 0.3 is 0 Å². The molecule has 2 heterocycles. The third-order valence-electron chi connectivity index (χ3n) is 3.28. The highest BCUT2D eigenvalue weighted by Crippen LogP contribution is 2.37. The number of methoxy groups -OCH3 is 1. The molecule has 0 bridgehead atoms. The molecule has 0 aliphatic carbocycles. The first-order chi connectivity index (χ1) is 10.3. The molecule has 0 aliphatic heterocycles. The minimum Gasteiger partial charge on any atom is -0.496 e. The number of pyridine rings is 2. The van der Waals surface area contributed by atoms with E-state index >= 15 is 0 Å². The van der Waals surface area contributed by atoms with Gasteiger partial charge in [0.25, 0.3) is 0 Å². The Morgan fingerprint density at radius 2 is 2.00 bits per heavy atom. The number of para-hydroxylation sites is 1. The summed E-state index contributed by atoms with van der Waals surface area (Å²) in [5.41, 5.74) is 8.25. The van der Waals surface area contributed by atoms with Crippen LogP contribution in [0.2, 0.25) is 0 Å². The lowest BCUT2D eigenvalue weighted by Crippen LogP contribution is -2.01. The largest absolute Gasteiger partial charge is 0.496 e. The van der Waals surface area contributed by atoms with E-state index in [2.05, 4.69) is 16.0 Å². The lowest BCUT2D eigenvalue weighted by molar-refractivity contribution is 0.416. The van der Waals surface area contributed by atoms with E-state index in [4.69, 9.17) is 10.5 Å².